The second-order valence-electron chi connectivity index (χ2n) is 5.38. The number of hydrogen-bond donors (Lipinski definition) is 1. The molecule has 2 amide bonds. The quantitative estimate of drug-likeness (QED) is 0.940. The molecule has 0 unspecified atom stereocenters. The van der Waals surface area contributed by atoms with Crippen LogP contribution in [0.4, 0.5) is 16.2 Å². The molecule has 1 N–H and O–H groups in total. The van der Waals surface area contributed by atoms with E-state index in [9.17, 15) is 4.79 Å². The minimum atomic E-state index is -0.146. The number of urea groups is 1. The van der Waals surface area contributed by atoms with Crippen LogP contribution in [0.5, 0.6) is 11.5 Å². The number of nitrogens with one attached hydrogen (secondary N) is 1. The van der Waals surface area contributed by atoms with Gasteiger partial charge in [0.25, 0.3) is 0 Å². The summed E-state index contributed by atoms with van der Waals surface area (Å²) < 4.78 is 10.8. The third kappa shape index (κ3) is 3.08. The van der Waals surface area contributed by atoms with Crippen LogP contribution in [0, 0.1) is 0 Å². The van der Waals surface area contributed by atoms with Crippen molar-refractivity contribution in [2.24, 2.45) is 0 Å². The number of fused-ring (bicyclic) bond motifs is 1. The van der Waals surface area contributed by atoms with E-state index < -0.39 is 0 Å². The maximum absolute atomic E-state index is 12.7. The van der Waals surface area contributed by atoms with Gasteiger partial charge in [-0.2, -0.15) is 0 Å². The summed E-state index contributed by atoms with van der Waals surface area (Å²) in [5.74, 6) is 1.44. The molecule has 0 atom stereocenters. The number of benzene rings is 2. The van der Waals surface area contributed by atoms with E-state index in [0.717, 1.165) is 35.5 Å². The summed E-state index contributed by atoms with van der Waals surface area (Å²) >= 11 is 0. The first kappa shape index (κ1) is 15.2. The van der Waals surface area contributed by atoms with Crippen molar-refractivity contribution in [2.75, 3.05) is 31.0 Å². The summed E-state index contributed by atoms with van der Waals surface area (Å²) in [5.41, 5.74) is 2.67. The molecule has 5 nitrogen and oxygen atoms in total. The number of methoxy groups -OCH3 is 2. The molecule has 0 saturated heterocycles. The van der Waals surface area contributed by atoms with Crippen LogP contribution in [0.15, 0.2) is 42.5 Å². The van der Waals surface area contributed by atoms with Crippen LogP contribution in [0.3, 0.4) is 0 Å². The number of para-hydroxylation sites is 1. The molecule has 0 fully saturated rings. The van der Waals surface area contributed by atoms with Gasteiger partial charge in [0.2, 0.25) is 0 Å². The van der Waals surface area contributed by atoms with Gasteiger partial charge in [0.05, 0.1) is 19.9 Å². The number of carbonyl (C=O) groups excluding carboxylic acids is 1. The van der Waals surface area contributed by atoms with Crippen molar-refractivity contribution in [1.82, 2.24) is 0 Å². The molecule has 1 heterocycles. The van der Waals surface area contributed by atoms with Crippen LogP contribution in [-0.4, -0.2) is 26.8 Å². The Bertz CT molecular complexity index is 701. The minimum Gasteiger partial charge on any atom is -0.497 e. The summed E-state index contributed by atoms with van der Waals surface area (Å²) in [6.45, 7) is 0.669. The molecule has 2 aromatic carbocycles. The number of anilines is 2. The zero-order valence-electron chi connectivity index (χ0n) is 13.3. The van der Waals surface area contributed by atoms with Crippen LogP contribution in [0.25, 0.3) is 0 Å². The van der Waals surface area contributed by atoms with E-state index in [2.05, 4.69) is 5.32 Å². The van der Waals surface area contributed by atoms with Crippen molar-refractivity contribution >= 4 is 17.4 Å². The zero-order chi connectivity index (χ0) is 16.2. The lowest BCUT2D eigenvalue weighted by Crippen LogP contribution is -2.38. The van der Waals surface area contributed by atoms with Crippen molar-refractivity contribution in [3.05, 3.63) is 48.0 Å². The fraction of sp³-hybridized carbons (Fsp3) is 0.278. The Hall–Kier alpha value is -2.69. The first-order valence-electron chi connectivity index (χ1n) is 7.61. The molecule has 120 valence electrons. The maximum Gasteiger partial charge on any atom is 0.326 e. The zero-order valence-corrected chi connectivity index (χ0v) is 13.3. The van der Waals surface area contributed by atoms with Gasteiger partial charge in [-0.15, -0.1) is 0 Å². The van der Waals surface area contributed by atoms with E-state index in [1.807, 2.05) is 42.5 Å². The van der Waals surface area contributed by atoms with Crippen LogP contribution in [0.2, 0.25) is 0 Å². The summed E-state index contributed by atoms with van der Waals surface area (Å²) in [5, 5.41) is 2.93. The van der Waals surface area contributed by atoms with Crippen molar-refractivity contribution in [1.29, 1.82) is 0 Å². The minimum absolute atomic E-state index is 0.146. The molecule has 0 saturated carbocycles. The molecular formula is C18H20N2O3. The van der Waals surface area contributed by atoms with Gasteiger partial charge in [0.1, 0.15) is 11.5 Å². The SMILES string of the molecule is COc1cc(OC)c2c(c1)N(C(=O)Nc1ccccc1)CCC2. The summed E-state index contributed by atoms with van der Waals surface area (Å²) in [7, 11) is 3.25. The molecule has 3 rings (SSSR count). The van der Waals surface area contributed by atoms with E-state index in [1.54, 1.807) is 19.1 Å². The average Bonchev–Trinajstić information content (AvgIpc) is 2.60. The number of rotatable bonds is 3. The second kappa shape index (κ2) is 6.60. The topological polar surface area (TPSA) is 50.8 Å². The van der Waals surface area contributed by atoms with Crippen LogP contribution < -0.4 is 19.7 Å². The van der Waals surface area contributed by atoms with Crippen LogP contribution in [0.1, 0.15) is 12.0 Å². The predicted octanol–water partition coefficient (Wildman–Crippen LogP) is 3.69. The molecule has 5 heteroatoms. The maximum atomic E-state index is 12.7. The molecule has 0 bridgehead atoms. The molecule has 0 spiro atoms. The van der Waals surface area contributed by atoms with Crippen LogP contribution in [-0.2, 0) is 6.42 Å². The number of ether oxygens (including phenoxy) is 2. The Morgan fingerprint density at radius 1 is 1.13 bits per heavy atom. The molecule has 1 aliphatic heterocycles. The van der Waals surface area contributed by atoms with Crippen molar-refractivity contribution in [2.45, 2.75) is 12.8 Å². The van der Waals surface area contributed by atoms with Gasteiger partial charge in [0.15, 0.2) is 0 Å². The third-order valence-electron chi connectivity index (χ3n) is 3.98. The first-order chi connectivity index (χ1) is 11.2. The Morgan fingerprint density at radius 3 is 2.61 bits per heavy atom. The van der Waals surface area contributed by atoms with E-state index in [4.69, 9.17) is 9.47 Å². The van der Waals surface area contributed by atoms with Gasteiger partial charge < -0.3 is 14.8 Å². The number of carbonyl (C=O) groups is 1. The first-order valence-corrected chi connectivity index (χ1v) is 7.61. The third-order valence-corrected chi connectivity index (χ3v) is 3.98. The lowest BCUT2D eigenvalue weighted by Gasteiger charge is -2.31. The number of amides is 2. The molecule has 2 aromatic rings. The fourth-order valence-corrected chi connectivity index (χ4v) is 2.86. The summed E-state index contributed by atoms with van der Waals surface area (Å²) in [6, 6.07) is 13.1. The highest BCUT2D eigenvalue weighted by atomic mass is 16.5. The summed E-state index contributed by atoms with van der Waals surface area (Å²) in [4.78, 5) is 14.4. The number of hydrogen-bond acceptors (Lipinski definition) is 3. The average molecular weight is 312 g/mol. The Morgan fingerprint density at radius 2 is 1.91 bits per heavy atom. The van der Waals surface area contributed by atoms with E-state index in [0.29, 0.717) is 12.3 Å². The smallest absolute Gasteiger partial charge is 0.326 e. The number of nitrogens with zero attached hydrogens (tertiary/aromatic N) is 1. The second-order valence-corrected chi connectivity index (χ2v) is 5.38. The highest BCUT2D eigenvalue weighted by Gasteiger charge is 2.26. The lowest BCUT2D eigenvalue weighted by atomic mass is 10.0. The molecular weight excluding hydrogens is 292 g/mol. The molecule has 23 heavy (non-hydrogen) atoms. The Balaban J connectivity index is 1.92. The van der Waals surface area contributed by atoms with Crippen LogP contribution >= 0.6 is 0 Å². The fourth-order valence-electron chi connectivity index (χ4n) is 2.86. The van der Waals surface area contributed by atoms with Crippen molar-refractivity contribution in [3.8, 4) is 11.5 Å². The van der Waals surface area contributed by atoms with Gasteiger partial charge in [-0.1, -0.05) is 18.2 Å². The van der Waals surface area contributed by atoms with Gasteiger partial charge in [-0.3, -0.25) is 4.90 Å². The van der Waals surface area contributed by atoms with Gasteiger partial charge in [0, 0.05) is 29.9 Å². The lowest BCUT2D eigenvalue weighted by molar-refractivity contribution is 0.256. The van der Waals surface area contributed by atoms with E-state index >= 15 is 0 Å². The normalized spacial score (nSPS) is 13.2. The molecule has 0 radical (unpaired) electrons. The van der Waals surface area contributed by atoms with Gasteiger partial charge in [-0.05, 0) is 25.0 Å². The van der Waals surface area contributed by atoms with Crippen molar-refractivity contribution in [3.63, 3.8) is 0 Å². The predicted molar refractivity (Wildman–Crippen MR) is 90.7 cm³/mol. The largest absolute Gasteiger partial charge is 0.497 e. The monoisotopic (exact) mass is 312 g/mol. The highest BCUT2D eigenvalue weighted by Crippen LogP contribution is 2.38. The van der Waals surface area contributed by atoms with Crippen molar-refractivity contribution < 1.29 is 14.3 Å². The van der Waals surface area contributed by atoms with E-state index in [1.165, 1.54) is 0 Å². The molecule has 0 aromatic heterocycles. The summed E-state index contributed by atoms with van der Waals surface area (Å²) in [6.07, 6.45) is 1.79. The highest BCUT2D eigenvalue weighted by molar-refractivity contribution is 6.02. The molecule has 1 aliphatic rings. The van der Waals surface area contributed by atoms with Gasteiger partial charge >= 0.3 is 6.03 Å². The Kier molecular flexibility index (Phi) is 4.37. The van der Waals surface area contributed by atoms with Gasteiger partial charge in [-0.25, -0.2) is 4.79 Å². The van der Waals surface area contributed by atoms with E-state index in [-0.39, 0.29) is 6.03 Å². The Labute approximate surface area is 135 Å². The molecule has 0 aliphatic carbocycles. The standard InChI is InChI=1S/C18H20N2O3/c1-22-14-11-16-15(17(12-14)23-2)9-6-10-20(16)18(21)19-13-7-4-3-5-8-13/h3-5,7-8,11-12H,6,9-10H2,1-2H3,(H,19,21).